The molecule has 0 aromatic heterocycles. The Morgan fingerprint density at radius 2 is 1.72 bits per heavy atom. The second kappa shape index (κ2) is 3.95. The molecule has 1 heteroatoms. The lowest BCUT2D eigenvalue weighted by atomic mass is 9.63. The third kappa shape index (κ3) is 1.26. The molecule has 8 atom stereocenters. The van der Waals surface area contributed by atoms with E-state index in [-0.39, 0.29) is 0 Å². The monoisotopic (exact) mass is 244 g/mol. The highest BCUT2D eigenvalue weighted by Crippen LogP contribution is 2.69. The molecule has 0 aromatic carbocycles. The van der Waals surface area contributed by atoms with Gasteiger partial charge in [-0.05, 0) is 66.6 Å². The molecule has 3 saturated carbocycles. The van der Waals surface area contributed by atoms with Crippen LogP contribution in [0, 0.1) is 47.3 Å². The van der Waals surface area contributed by atoms with Crippen LogP contribution in [0.4, 0.5) is 0 Å². The number of carbonyl (C=O) groups is 1. The van der Waals surface area contributed by atoms with Gasteiger partial charge in [0.1, 0.15) is 6.29 Å². The van der Waals surface area contributed by atoms with Crippen LogP contribution in [0.5, 0.6) is 0 Å². The van der Waals surface area contributed by atoms with Crippen molar-refractivity contribution in [3.8, 4) is 0 Å². The zero-order chi connectivity index (χ0) is 12.3. The second-order valence-electron chi connectivity index (χ2n) is 7.15. The molecule has 0 spiro atoms. The molecule has 0 aromatic rings. The molecule has 4 rings (SSSR count). The van der Waals surface area contributed by atoms with E-state index < -0.39 is 0 Å². The van der Waals surface area contributed by atoms with Crippen LogP contribution in [0.15, 0.2) is 12.2 Å². The lowest BCUT2D eigenvalue weighted by molar-refractivity contribution is -0.108. The summed E-state index contributed by atoms with van der Waals surface area (Å²) in [6, 6.07) is 0. The molecule has 4 bridgehead atoms. The quantitative estimate of drug-likeness (QED) is 0.419. The summed E-state index contributed by atoms with van der Waals surface area (Å²) in [7, 11) is 0. The number of allylic oxidation sites excluding steroid dienone is 2. The van der Waals surface area contributed by atoms with Gasteiger partial charge in [-0.15, -0.1) is 0 Å². The van der Waals surface area contributed by atoms with Crippen LogP contribution in [0.1, 0.15) is 39.0 Å². The Labute approximate surface area is 110 Å². The smallest absolute Gasteiger partial charge is 0.120 e. The fraction of sp³-hybridized carbons (Fsp3) is 0.824. The van der Waals surface area contributed by atoms with Crippen molar-refractivity contribution in [3.05, 3.63) is 12.2 Å². The van der Waals surface area contributed by atoms with Crippen LogP contribution < -0.4 is 0 Å². The van der Waals surface area contributed by atoms with Crippen LogP contribution in [-0.2, 0) is 4.79 Å². The van der Waals surface area contributed by atoms with E-state index in [0.29, 0.717) is 0 Å². The molecule has 0 N–H and O–H groups in total. The first-order valence-electron chi connectivity index (χ1n) is 7.97. The van der Waals surface area contributed by atoms with Gasteiger partial charge in [0.05, 0.1) is 0 Å². The van der Waals surface area contributed by atoms with Gasteiger partial charge in [-0.2, -0.15) is 0 Å². The summed E-state index contributed by atoms with van der Waals surface area (Å²) in [4.78, 5) is 10.7. The van der Waals surface area contributed by atoms with Crippen LogP contribution in [0.2, 0.25) is 0 Å². The average molecular weight is 244 g/mol. The molecule has 0 aliphatic heterocycles. The molecule has 4 aliphatic rings. The van der Waals surface area contributed by atoms with Crippen molar-refractivity contribution in [2.75, 3.05) is 0 Å². The topological polar surface area (TPSA) is 17.1 Å². The van der Waals surface area contributed by atoms with Gasteiger partial charge in [-0.1, -0.05) is 25.5 Å². The summed E-state index contributed by atoms with van der Waals surface area (Å²) in [5.74, 6) is 7.64. The summed E-state index contributed by atoms with van der Waals surface area (Å²) < 4.78 is 0. The van der Waals surface area contributed by atoms with Crippen LogP contribution in [0.3, 0.4) is 0 Å². The van der Waals surface area contributed by atoms with Crippen molar-refractivity contribution >= 4 is 6.29 Å². The van der Waals surface area contributed by atoms with E-state index in [2.05, 4.69) is 19.1 Å². The van der Waals surface area contributed by atoms with Gasteiger partial charge in [0, 0.05) is 6.42 Å². The van der Waals surface area contributed by atoms with Gasteiger partial charge in [0.2, 0.25) is 0 Å². The maximum Gasteiger partial charge on any atom is 0.120 e. The predicted molar refractivity (Wildman–Crippen MR) is 71.9 cm³/mol. The van der Waals surface area contributed by atoms with Crippen LogP contribution in [-0.4, -0.2) is 6.29 Å². The predicted octanol–water partition coefficient (Wildman–Crippen LogP) is 3.70. The molecule has 0 saturated heterocycles. The minimum Gasteiger partial charge on any atom is -0.303 e. The maximum atomic E-state index is 10.7. The van der Waals surface area contributed by atoms with Crippen LogP contribution >= 0.6 is 0 Å². The van der Waals surface area contributed by atoms with E-state index in [1.54, 1.807) is 0 Å². The highest BCUT2D eigenvalue weighted by atomic mass is 16.1. The number of carbonyl (C=O) groups excluding carboxylic acids is 1. The Bertz CT molecular complexity index is 385. The zero-order valence-corrected chi connectivity index (χ0v) is 11.3. The summed E-state index contributed by atoms with van der Waals surface area (Å²) in [5.41, 5.74) is 0. The minimum absolute atomic E-state index is 0.797. The lowest BCUT2D eigenvalue weighted by Gasteiger charge is -2.41. The van der Waals surface area contributed by atoms with Crippen molar-refractivity contribution in [3.63, 3.8) is 0 Å². The molecule has 1 nitrogen and oxygen atoms in total. The standard InChI is InChI=1S/C17H24O/c1-2-12-13(4-3-7-18)15-9-14(12)16-10-5-6-11(8-10)17(15)16/h5-7,10-17H,2-4,8-9H2,1H3. The van der Waals surface area contributed by atoms with Gasteiger partial charge in [0.25, 0.3) is 0 Å². The van der Waals surface area contributed by atoms with Gasteiger partial charge >= 0.3 is 0 Å². The fourth-order valence-corrected chi connectivity index (χ4v) is 6.58. The Morgan fingerprint density at radius 1 is 1.06 bits per heavy atom. The molecule has 0 amide bonds. The average Bonchev–Trinajstić information content (AvgIpc) is 3.11. The third-order valence-corrected chi connectivity index (χ3v) is 6.86. The Morgan fingerprint density at radius 3 is 2.33 bits per heavy atom. The highest BCUT2D eigenvalue weighted by Gasteiger charge is 2.63. The minimum atomic E-state index is 0.797. The number of rotatable bonds is 4. The Balaban J connectivity index is 1.62. The van der Waals surface area contributed by atoms with E-state index in [1.165, 1.54) is 25.7 Å². The molecule has 0 radical (unpaired) electrons. The normalized spacial score (nSPS) is 55.2. The maximum absolute atomic E-state index is 10.7. The van der Waals surface area contributed by atoms with E-state index in [4.69, 9.17) is 0 Å². The van der Waals surface area contributed by atoms with E-state index in [1.807, 2.05) is 0 Å². The molecule has 4 aliphatic carbocycles. The number of hydrogen-bond donors (Lipinski definition) is 0. The number of aldehydes is 1. The van der Waals surface area contributed by atoms with Crippen molar-refractivity contribution in [2.24, 2.45) is 47.3 Å². The SMILES string of the molecule is CCC1C(CCC=O)C2CC1C1C3C=CC(C3)C21. The lowest BCUT2D eigenvalue weighted by Crippen LogP contribution is -2.36. The molecule has 18 heavy (non-hydrogen) atoms. The molecular weight excluding hydrogens is 220 g/mol. The first kappa shape index (κ1) is 11.3. The van der Waals surface area contributed by atoms with Crippen molar-refractivity contribution in [2.45, 2.75) is 39.0 Å². The molecule has 0 heterocycles. The van der Waals surface area contributed by atoms with Crippen molar-refractivity contribution in [1.82, 2.24) is 0 Å². The first-order chi connectivity index (χ1) is 8.85. The summed E-state index contributed by atoms with van der Waals surface area (Å²) in [5, 5.41) is 0. The van der Waals surface area contributed by atoms with Gasteiger partial charge in [-0.3, -0.25) is 0 Å². The van der Waals surface area contributed by atoms with Crippen LogP contribution in [0.25, 0.3) is 0 Å². The molecule has 8 unspecified atom stereocenters. The summed E-state index contributed by atoms with van der Waals surface area (Å²) >= 11 is 0. The largest absolute Gasteiger partial charge is 0.303 e. The number of hydrogen-bond acceptors (Lipinski definition) is 1. The van der Waals surface area contributed by atoms with Gasteiger partial charge < -0.3 is 4.79 Å². The fourth-order valence-electron chi connectivity index (χ4n) is 6.58. The molecular formula is C17H24O. The van der Waals surface area contributed by atoms with E-state index in [9.17, 15) is 4.79 Å². The van der Waals surface area contributed by atoms with Crippen molar-refractivity contribution < 1.29 is 4.79 Å². The zero-order valence-electron chi connectivity index (χ0n) is 11.3. The first-order valence-corrected chi connectivity index (χ1v) is 7.97. The van der Waals surface area contributed by atoms with E-state index in [0.717, 1.165) is 60.1 Å². The summed E-state index contributed by atoms with van der Waals surface area (Å²) in [6.07, 6.45) is 12.4. The van der Waals surface area contributed by atoms with E-state index >= 15 is 0 Å². The van der Waals surface area contributed by atoms with Gasteiger partial charge in [-0.25, -0.2) is 0 Å². The molecule has 3 fully saturated rings. The highest BCUT2D eigenvalue weighted by molar-refractivity contribution is 5.49. The Kier molecular flexibility index (Phi) is 2.47. The third-order valence-electron chi connectivity index (χ3n) is 6.86. The number of fused-ring (bicyclic) bond motifs is 9. The summed E-state index contributed by atoms with van der Waals surface area (Å²) in [6.45, 7) is 2.37. The van der Waals surface area contributed by atoms with Gasteiger partial charge in [0.15, 0.2) is 0 Å². The molecule has 98 valence electrons. The Hall–Kier alpha value is -0.590. The second-order valence-corrected chi connectivity index (χ2v) is 7.15. The van der Waals surface area contributed by atoms with Crippen molar-refractivity contribution in [1.29, 1.82) is 0 Å².